The van der Waals surface area contributed by atoms with Gasteiger partial charge in [0.25, 0.3) is 5.91 Å². The molecule has 2 rings (SSSR count). The molecule has 0 fully saturated rings. The maximum absolute atomic E-state index is 11.4. The quantitative estimate of drug-likeness (QED) is 0.496. The predicted octanol–water partition coefficient (Wildman–Crippen LogP) is 1.77. The topological polar surface area (TPSA) is 71.2 Å². The third kappa shape index (κ3) is 3.30. The number of nitrogens with two attached hydrogens (primary N) is 1. The Morgan fingerprint density at radius 1 is 1.42 bits per heavy atom. The van der Waals surface area contributed by atoms with Crippen LogP contribution >= 0.6 is 11.3 Å². The first-order valence-electron chi connectivity index (χ1n) is 6.00. The van der Waals surface area contributed by atoms with E-state index in [9.17, 15) is 4.79 Å². The van der Waals surface area contributed by atoms with Crippen LogP contribution in [-0.2, 0) is 6.54 Å². The van der Waals surface area contributed by atoms with Gasteiger partial charge in [0.1, 0.15) is 0 Å². The summed E-state index contributed by atoms with van der Waals surface area (Å²) in [6.45, 7) is 3.64. The summed E-state index contributed by atoms with van der Waals surface area (Å²) in [7, 11) is 0. The number of hydrogen-bond acceptors (Lipinski definition) is 5. The van der Waals surface area contributed by atoms with E-state index in [0.29, 0.717) is 11.6 Å². The van der Waals surface area contributed by atoms with Gasteiger partial charge in [-0.25, -0.2) is 10.8 Å². The average molecular weight is 276 g/mol. The van der Waals surface area contributed by atoms with E-state index in [1.54, 1.807) is 0 Å². The van der Waals surface area contributed by atoms with Gasteiger partial charge in [0.15, 0.2) is 5.01 Å². The van der Waals surface area contributed by atoms with Gasteiger partial charge in [-0.15, -0.1) is 11.3 Å². The van der Waals surface area contributed by atoms with Crippen molar-refractivity contribution in [1.82, 2.24) is 10.4 Å². The third-order valence-electron chi connectivity index (χ3n) is 2.73. The number of nitrogens with one attached hydrogen (secondary N) is 1. The summed E-state index contributed by atoms with van der Waals surface area (Å²) >= 11 is 1.30. The number of carbonyl (C=O) groups is 1. The van der Waals surface area contributed by atoms with E-state index in [1.807, 2.05) is 23.6 Å². The second-order valence-electron chi connectivity index (χ2n) is 3.97. The van der Waals surface area contributed by atoms with Crippen molar-refractivity contribution in [2.24, 2.45) is 5.84 Å². The van der Waals surface area contributed by atoms with Crippen LogP contribution in [0, 0.1) is 0 Å². The lowest BCUT2D eigenvalue weighted by atomic mass is 10.2. The number of aromatic nitrogens is 1. The lowest BCUT2D eigenvalue weighted by Gasteiger charge is -2.21. The first-order chi connectivity index (χ1) is 9.24. The van der Waals surface area contributed by atoms with Crippen LogP contribution in [-0.4, -0.2) is 17.4 Å². The number of hydrogen-bond donors (Lipinski definition) is 2. The zero-order chi connectivity index (χ0) is 13.7. The molecule has 0 spiro atoms. The summed E-state index contributed by atoms with van der Waals surface area (Å²) in [5.74, 6) is 4.74. The van der Waals surface area contributed by atoms with Gasteiger partial charge in [-0.3, -0.25) is 10.2 Å². The first kappa shape index (κ1) is 13.5. The Bertz CT molecular complexity index is 541. The van der Waals surface area contributed by atoms with Crippen LogP contribution in [0.5, 0.6) is 0 Å². The van der Waals surface area contributed by atoms with Crippen LogP contribution in [0.15, 0.2) is 35.7 Å². The normalized spacial score (nSPS) is 10.2. The van der Waals surface area contributed by atoms with E-state index >= 15 is 0 Å². The van der Waals surface area contributed by atoms with Crippen LogP contribution in [0.25, 0.3) is 0 Å². The molecule has 5 nitrogen and oxygen atoms in total. The predicted molar refractivity (Wildman–Crippen MR) is 76.9 cm³/mol. The molecule has 1 aromatic carbocycles. The molecule has 3 N–H and O–H groups in total. The van der Waals surface area contributed by atoms with Crippen molar-refractivity contribution in [3.05, 3.63) is 46.4 Å². The summed E-state index contributed by atoms with van der Waals surface area (Å²) in [5, 5.41) is 2.28. The fourth-order valence-corrected chi connectivity index (χ4v) is 2.48. The summed E-state index contributed by atoms with van der Waals surface area (Å²) in [6.07, 6.45) is 0. The minimum atomic E-state index is -0.348. The van der Waals surface area contributed by atoms with E-state index < -0.39 is 0 Å². The molecule has 0 atom stereocenters. The number of benzene rings is 1. The highest BCUT2D eigenvalue weighted by Gasteiger charge is 2.12. The molecule has 0 aliphatic carbocycles. The average Bonchev–Trinajstić information content (AvgIpc) is 2.93. The van der Waals surface area contributed by atoms with Crippen LogP contribution < -0.4 is 16.2 Å². The molecule has 2 aromatic rings. The number of anilines is 1. The molecular weight excluding hydrogens is 260 g/mol. The minimum absolute atomic E-state index is 0.348. The largest absolute Gasteiger partial charge is 0.366 e. The third-order valence-corrected chi connectivity index (χ3v) is 3.62. The Balaban J connectivity index is 2.11. The molecule has 1 aromatic heterocycles. The molecule has 19 heavy (non-hydrogen) atoms. The van der Waals surface area contributed by atoms with Crippen LogP contribution in [0.2, 0.25) is 0 Å². The van der Waals surface area contributed by atoms with E-state index in [1.165, 1.54) is 11.3 Å². The zero-order valence-corrected chi connectivity index (χ0v) is 11.5. The van der Waals surface area contributed by atoms with E-state index in [0.717, 1.165) is 17.9 Å². The summed E-state index contributed by atoms with van der Waals surface area (Å²) < 4.78 is 0. The number of nitrogen functional groups attached to an aromatic ring is 1. The smallest absolute Gasteiger partial charge is 0.294 e. The Labute approximate surface area is 116 Å². The SMILES string of the molecule is CCN(Cc1csc(C(=O)NN)n1)c1ccccc1. The number of rotatable bonds is 5. The lowest BCUT2D eigenvalue weighted by Crippen LogP contribution is -2.30. The van der Waals surface area contributed by atoms with Crippen molar-refractivity contribution in [1.29, 1.82) is 0 Å². The molecule has 0 aliphatic heterocycles. The molecule has 1 heterocycles. The molecule has 1 amide bonds. The zero-order valence-electron chi connectivity index (χ0n) is 10.7. The highest BCUT2D eigenvalue weighted by atomic mass is 32.1. The summed E-state index contributed by atoms with van der Waals surface area (Å²) in [6, 6.07) is 10.1. The molecule has 0 saturated carbocycles. The van der Waals surface area contributed by atoms with Gasteiger partial charge in [-0.2, -0.15) is 0 Å². The Hall–Kier alpha value is -1.92. The minimum Gasteiger partial charge on any atom is -0.366 e. The van der Waals surface area contributed by atoms with Crippen LogP contribution in [0.4, 0.5) is 5.69 Å². The lowest BCUT2D eigenvalue weighted by molar-refractivity contribution is 0.0953. The van der Waals surface area contributed by atoms with Crippen LogP contribution in [0.1, 0.15) is 22.4 Å². The fourth-order valence-electron chi connectivity index (χ4n) is 1.77. The van der Waals surface area contributed by atoms with Crippen molar-refractivity contribution in [3.8, 4) is 0 Å². The highest BCUT2D eigenvalue weighted by molar-refractivity contribution is 7.11. The number of thiazole rings is 1. The van der Waals surface area contributed by atoms with Crippen molar-refractivity contribution >= 4 is 22.9 Å². The standard InChI is InChI=1S/C13H16N4OS/c1-2-17(11-6-4-3-5-7-11)8-10-9-19-13(15-10)12(18)16-14/h3-7,9H,2,8,14H2,1H3,(H,16,18). The number of carbonyl (C=O) groups excluding carboxylic acids is 1. The van der Waals surface area contributed by atoms with Crippen LogP contribution in [0.3, 0.4) is 0 Å². The van der Waals surface area contributed by atoms with E-state index in [-0.39, 0.29) is 5.91 Å². The van der Waals surface area contributed by atoms with Gasteiger partial charge in [-0.05, 0) is 19.1 Å². The summed E-state index contributed by atoms with van der Waals surface area (Å²) in [4.78, 5) is 17.8. The van der Waals surface area contributed by atoms with Gasteiger partial charge < -0.3 is 4.90 Å². The van der Waals surface area contributed by atoms with Gasteiger partial charge in [0.05, 0.1) is 12.2 Å². The summed E-state index contributed by atoms with van der Waals surface area (Å²) in [5.41, 5.74) is 4.10. The second-order valence-corrected chi connectivity index (χ2v) is 4.83. The van der Waals surface area contributed by atoms with Crippen molar-refractivity contribution in [3.63, 3.8) is 0 Å². The monoisotopic (exact) mass is 276 g/mol. The fraction of sp³-hybridized carbons (Fsp3) is 0.231. The molecule has 0 unspecified atom stereocenters. The molecular formula is C13H16N4OS. The van der Waals surface area contributed by atoms with E-state index in [4.69, 9.17) is 5.84 Å². The number of hydrazine groups is 1. The molecule has 6 heteroatoms. The van der Waals surface area contributed by atoms with Gasteiger partial charge in [0, 0.05) is 17.6 Å². The van der Waals surface area contributed by atoms with Crippen molar-refractivity contribution in [2.75, 3.05) is 11.4 Å². The molecule has 0 saturated heterocycles. The maximum atomic E-state index is 11.4. The molecule has 0 bridgehead atoms. The number of amides is 1. The van der Waals surface area contributed by atoms with Crippen molar-refractivity contribution < 1.29 is 4.79 Å². The van der Waals surface area contributed by atoms with Gasteiger partial charge in [-0.1, -0.05) is 18.2 Å². The Morgan fingerprint density at radius 2 is 2.16 bits per heavy atom. The van der Waals surface area contributed by atoms with Gasteiger partial charge in [0.2, 0.25) is 0 Å². The Kier molecular flexibility index (Phi) is 4.48. The van der Waals surface area contributed by atoms with Gasteiger partial charge >= 0.3 is 0 Å². The maximum Gasteiger partial charge on any atom is 0.294 e. The number of para-hydroxylation sites is 1. The molecule has 0 aliphatic rings. The molecule has 100 valence electrons. The second kappa shape index (κ2) is 6.31. The first-order valence-corrected chi connectivity index (χ1v) is 6.88. The molecule has 0 radical (unpaired) electrons. The Morgan fingerprint density at radius 3 is 2.79 bits per heavy atom. The number of nitrogens with zero attached hydrogens (tertiary/aromatic N) is 2. The van der Waals surface area contributed by atoms with E-state index in [2.05, 4.69) is 34.4 Å². The van der Waals surface area contributed by atoms with Crippen molar-refractivity contribution in [2.45, 2.75) is 13.5 Å². The highest BCUT2D eigenvalue weighted by Crippen LogP contribution is 2.17.